The van der Waals surface area contributed by atoms with Gasteiger partial charge < -0.3 is 10.5 Å². The lowest BCUT2D eigenvalue weighted by Crippen LogP contribution is -2.06. The Morgan fingerprint density at radius 3 is 2.76 bits per heavy atom. The van der Waals surface area contributed by atoms with E-state index in [1.165, 1.54) is 0 Å². The summed E-state index contributed by atoms with van der Waals surface area (Å²) in [5, 5.41) is 4.42. The van der Waals surface area contributed by atoms with E-state index in [1.807, 2.05) is 36.7 Å². The van der Waals surface area contributed by atoms with E-state index in [1.54, 1.807) is 0 Å². The molecular weight excluding hydrogens is 262 g/mol. The lowest BCUT2D eigenvalue weighted by molar-refractivity contribution is 0.290. The summed E-state index contributed by atoms with van der Waals surface area (Å²) in [4.78, 5) is 0. The minimum atomic E-state index is 0.373. The third-order valence-corrected chi connectivity index (χ3v) is 3.17. The van der Waals surface area contributed by atoms with E-state index in [4.69, 9.17) is 10.5 Å². The largest absolute Gasteiger partial charge is 0.487 e. The van der Waals surface area contributed by atoms with Gasteiger partial charge in [0, 0.05) is 12.1 Å². The lowest BCUT2D eigenvalue weighted by Gasteiger charge is -2.10. The molecule has 0 unspecified atom stereocenters. The van der Waals surface area contributed by atoms with Gasteiger partial charge in [-0.3, -0.25) is 4.68 Å². The fourth-order valence-electron chi connectivity index (χ4n) is 2.18. The van der Waals surface area contributed by atoms with E-state index in [-0.39, 0.29) is 0 Å². The number of nitrogens with two attached hydrogens (primary N) is 1. The molecule has 0 aliphatic rings. The highest BCUT2D eigenvalue weighted by molar-refractivity contribution is 5.43. The molecule has 0 saturated carbocycles. The molecule has 4 nitrogen and oxygen atoms in total. The summed E-state index contributed by atoms with van der Waals surface area (Å²) in [6.07, 6.45) is 0. The van der Waals surface area contributed by atoms with Gasteiger partial charge >= 0.3 is 0 Å². The van der Waals surface area contributed by atoms with E-state index in [9.17, 15) is 0 Å². The van der Waals surface area contributed by atoms with Crippen molar-refractivity contribution < 1.29 is 4.74 Å². The number of aryl methyl sites for hydroxylation is 3. The maximum absolute atomic E-state index is 5.90. The summed E-state index contributed by atoms with van der Waals surface area (Å²) in [6, 6.07) is 7.98. The molecular formula is C17H21N3O. The van der Waals surface area contributed by atoms with Crippen molar-refractivity contribution in [2.45, 2.75) is 33.9 Å². The van der Waals surface area contributed by atoms with E-state index in [2.05, 4.69) is 29.9 Å². The van der Waals surface area contributed by atoms with E-state index < -0.39 is 0 Å². The number of hydrogen-bond acceptors (Lipinski definition) is 3. The van der Waals surface area contributed by atoms with Crippen LogP contribution in [0.3, 0.4) is 0 Å². The minimum absolute atomic E-state index is 0.373. The van der Waals surface area contributed by atoms with E-state index >= 15 is 0 Å². The van der Waals surface area contributed by atoms with Gasteiger partial charge in [0.25, 0.3) is 0 Å². The zero-order valence-electron chi connectivity index (χ0n) is 12.8. The number of ether oxygens (including phenoxy) is 1. The molecule has 21 heavy (non-hydrogen) atoms. The molecule has 0 saturated heterocycles. The van der Waals surface area contributed by atoms with Crippen LogP contribution in [-0.2, 0) is 13.2 Å². The molecule has 0 aliphatic carbocycles. The lowest BCUT2D eigenvalue weighted by atomic mass is 10.1. The van der Waals surface area contributed by atoms with Crippen molar-refractivity contribution in [3.63, 3.8) is 0 Å². The minimum Gasteiger partial charge on any atom is -0.487 e. The van der Waals surface area contributed by atoms with Gasteiger partial charge in [-0.25, -0.2) is 0 Å². The van der Waals surface area contributed by atoms with Crippen LogP contribution >= 0.6 is 0 Å². The second-order valence-corrected chi connectivity index (χ2v) is 4.87. The predicted molar refractivity (Wildman–Crippen MR) is 84.1 cm³/mol. The second kappa shape index (κ2) is 6.96. The molecule has 1 aromatic carbocycles. The second-order valence-electron chi connectivity index (χ2n) is 4.87. The quantitative estimate of drug-likeness (QED) is 0.877. The number of aromatic nitrogens is 2. The average Bonchev–Trinajstić information content (AvgIpc) is 2.84. The summed E-state index contributed by atoms with van der Waals surface area (Å²) in [5.74, 6) is 6.75. The first-order chi connectivity index (χ1) is 10.1. The number of rotatable bonds is 4. The standard InChI is InChI=1S/C17H21N3O/c1-4-20-16(11-14(3)19-20)12-21-17-8-7-15(6-5-9-18)10-13(17)2/h7-8,10-11H,4,9,12,18H2,1-3H3. The van der Waals surface area contributed by atoms with Gasteiger partial charge in [0.2, 0.25) is 0 Å². The highest BCUT2D eigenvalue weighted by Crippen LogP contribution is 2.20. The van der Waals surface area contributed by atoms with Gasteiger partial charge in [-0.2, -0.15) is 5.10 Å². The fraction of sp³-hybridized carbons (Fsp3) is 0.353. The van der Waals surface area contributed by atoms with E-state index in [0.717, 1.165) is 34.8 Å². The highest BCUT2D eigenvalue weighted by Gasteiger charge is 2.06. The van der Waals surface area contributed by atoms with Crippen LogP contribution in [0.1, 0.15) is 29.4 Å². The van der Waals surface area contributed by atoms with E-state index in [0.29, 0.717) is 13.2 Å². The molecule has 2 aromatic rings. The van der Waals surface area contributed by atoms with Gasteiger partial charge in [0.05, 0.1) is 17.9 Å². The van der Waals surface area contributed by atoms with Crippen molar-refractivity contribution in [3.8, 4) is 17.6 Å². The summed E-state index contributed by atoms with van der Waals surface area (Å²) in [7, 11) is 0. The van der Waals surface area contributed by atoms with Crippen LogP contribution in [0, 0.1) is 25.7 Å². The van der Waals surface area contributed by atoms with Crippen LogP contribution in [0.15, 0.2) is 24.3 Å². The third kappa shape index (κ3) is 3.87. The molecule has 0 radical (unpaired) electrons. The van der Waals surface area contributed by atoms with Crippen LogP contribution in [-0.4, -0.2) is 16.3 Å². The Labute approximate surface area is 125 Å². The highest BCUT2D eigenvalue weighted by atomic mass is 16.5. The Kier molecular flexibility index (Phi) is 5.02. The Balaban J connectivity index is 2.09. The van der Waals surface area contributed by atoms with Gasteiger partial charge in [0.1, 0.15) is 12.4 Å². The summed E-state index contributed by atoms with van der Waals surface area (Å²) in [5.41, 5.74) is 9.50. The van der Waals surface area contributed by atoms with Crippen molar-refractivity contribution in [2.24, 2.45) is 5.73 Å². The molecule has 0 bridgehead atoms. The first-order valence-electron chi connectivity index (χ1n) is 7.09. The fourth-order valence-corrected chi connectivity index (χ4v) is 2.18. The van der Waals surface area contributed by atoms with Crippen molar-refractivity contribution in [3.05, 3.63) is 46.8 Å². The molecule has 2 rings (SSSR count). The van der Waals surface area contributed by atoms with Crippen LogP contribution in [0.5, 0.6) is 5.75 Å². The Morgan fingerprint density at radius 2 is 2.10 bits per heavy atom. The molecule has 1 aromatic heterocycles. The summed E-state index contributed by atoms with van der Waals surface area (Å²) in [6.45, 7) is 7.82. The van der Waals surface area contributed by atoms with Crippen molar-refractivity contribution in [1.82, 2.24) is 9.78 Å². The van der Waals surface area contributed by atoms with Crippen LogP contribution in [0.2, 0.25) is 0 Å². The van der Waals surface area contributed by atoms with Crippen LogP contribution in [0.4, 0.5) is 0 Å². The van der Waals surface area contributed by atoms with Crippen LogP contribution in [0.25, 0.3) is 0 Å². The summed E-state index contributed by atoms with van der Waals surface area (Å²) < 4.78 is 7.87. The first kappa shape index (κ1) is 15.1. The van der Waals surface area contributed by atoms with Gasteiger partial charge in [-0.05, 0) is 50.6 Å². The molecule has 0 spiro atoms. The molecule has 0 amide bonds. The van der Waals surface area contributed by atoms with Crippen molar-refractivity contribution in [1.29, 1.82) is 0 Å². The number of hydrogen-bond donors (Lipinski definition) is 1. The zero-order chi connectivity index (χ0) is 15.2. The molecule has 110 valence electrons. The molecule has 4 heteroatoms. The van der Waals surface area contributed by atoms with Gasteiger partial charge in [0.15, 0.2) is 0 Å². The predicted octanol–water partition coefficient (Wildman–Crippen LogP) is 2.41. The Bertz CT molecular complexity index is 677. The topological polar surface area (TPSA) is 53.1 Å². The monoisotopic (exact) mass is 283 g/mol. The summed E-state index contributed by atoms with van der Waals surface area (Å²) >= 11 is 0. The Hall–Kier alpha value is -2.25. The molecule has 0 atom stereocenters. The SMILES string of the molecule is CCn1nc(C)cc1COc1ccc(C#CCN)cc1C. The third-order valence-electron chi connectivity index (χ3n) is 3.17. The van der Waals surface area contributed by atoms with Crippen molar-refractivity contribution >= 4 is 0 Å². The molecule has 0 aliphatic heterocycles. The normalized spacial score (nSPS) is 10.1. The molecule has 2 N–H and O–H groups in total. The van der Waals surface area contributed by atoms with Crippen molar-refractivity contribution in [2.75, 3.05) is 6.54 Å². The first-order valence-corrected chi connectivity index (χ1v) is 7.09. The number of nitrogens with zero attached hydrogens (tertiary/aromatic N) is 2. The van der Waals surface area contributed by atoms with Crippen LogP contribution < -0.4 is 10.5 Å². The smallest absolute Gasteiger partial charge is 0.130 e. The molecule has 1 heterocycles. The average molecular weight is 283 g/mol. The Morgan fingerprint density at radius 1 is 1.29 bits per heavy atom. The number of benzene rings is 1. The molecule has 0 fully saturated rings. The zero-order valence-corrected chi connectivity index (χ0v) is 12.8. The van der Waals surface area contributed by atoms with Gasteiger partial charge in [-0.1, -0.05) is 11.8 Å². The van der Waals surface area contributed by atoms with Gasteiger partial charge in [-0.15, -0.1) is 0 Å². The maximum Gasteiger partial charge on any atom is 0.130 e. The maximum atomic E-state index is 5.90.